The molecule has 2 heterocycles. The highest BCUT2D eigenvalue weighted by Gasteiger charge is 2.20. The van der Waals surface area contributed by atoms with Crippen LogP contribution >= 0.6 is 11.3 Å². The molecule has 3 N–H and O–H groups in total. The second-order valence-electron chi connectivity index (χ2n) is 5.29. The molecule has 7 nitrogen and oxygen atoms in total. The van der Waals surface area contributed by atoms with E-state index >= 15 is 0 Å². The molecular weight excluding hydrogens is 352 g/mol. The molecule has 8 heteroatoms. The molecule has 0 aliphatic rings. The molecule has 0 saturated heterocycles. The quantitative estimate of drug-likeness (QED) is 0.646. The van der Waals surface area contributed by atoms with Crippen molar-refractivity contribution in [2.45, 2.75) is 6.04 Å². The summed E-state index contributed by atoms with van der Waals surface area (Å²) in [5.41, 5.74) is 6.40. The predicted molar refractivity (Wildman–Crippen MR) is 97.5 cm³/mol. The van der Waals surface area contributed by atoms with Gasteiger partial charge in [0.1, 0.15) is 0 Å². The summed E-state index contributed by atoms with van der Waals surface area (Å²) >= 11 is 1.53. The molecule has 132 valence electrons. The first-order chi connectivity index (χ1) is 12.6. The SMILES string of the molecule is Nc1nccnc1C(=O)OCC(=O)NC(c1ccccc1)c1cccs1. The first-order valence-corrected chi connectivity index (χ1v) is 8.64. The summed E-state index contributed by atoms with van der Waals surface area (Å²) < 4.78 is 4.99. The number of hydrogen-bond donors (Lipinski definition) is 2. The molecule has 1 unspecified atom stereocenters. The van der Waals surface area contributed by atoms with E-state index in [1.165, 1.54) is 23.7 Å². The lowest BCUT2D eigenvalue weighted by Gasteiger charge is -2.18. The number of thiophene rings is 1. The number of hydrogen-bond acceptors (Lipinski definition) is 7. The second-order valence-corrected chi connectivity index (χ2v) is 6.27. The van der Waals surface area contributed by atoms with Crippen molar-refractivity contribution in [3.05, 3.63) is 76.4 Å². The summed E-state index contributed by atoms with van der Waals surface area (Å²) in [6.45, 7) is -0.441. The lowest BCUT2D eigenvalue weighted by molar-refractivity contribution is -0.124. The largest absolute Gasteiger partial charge is 0.451 e. The molecule has 0 spiro atoms. The minimum atomic E-state index is -0.793. The van der Waals surface area contributed by atoms with E-state index in [-0.39, 0.29) is 17.6 Å². The molecule has 1 atom stereocenters. The first-order valence-electron chi connectivity index (χ1n) is 7.76. The van der Waals surface area contributed by atoms with E-state index in [0.717, 1.165) is 10.4 Å². The van der Waals surface area contributed by atoms with Crippen LogP contribution in [-0.4, -0.2) is 28.5 Å². The fraction of sp³-hybridized carbons (Fsp3) is 0.111. The van der Waals surface area contributed by atoms with Crippen LogP contribution in [0.5, 0.6) is 0 Å². The summed E-state index contributed by atoms with van der Waals surface area (Å²) in [5.74, 6) is -1.26. The number of nitrogens with one attached hydrogen (secondary N) is 1. The van der Waals surface area contributed by atoms with Crippen molar-refractivity contribution in [3.63, 3.8) is 0 Å². The maximum absolute atomic E-state index is 12.3. The second kappa shape index (κ2) is 8.21. The van der Waals surface area contributed by atoms with E-state index < -0.39 is 18.5 Å². The van der Waals surface area contributed by atoms with Crippen LogP contribution < -0.4 is 11.1 Å². The number of anilines is 1. The van der Waals surface area contributed by atoms with Crippen LogP contribution in [0.15, 0.2) is 60.2 Å². The van der Waals surface area contributed by atoms with Crippen molar-refractivity contribution in [2.24, 2.45) is 0 Å². The lowest BCUT2D eigenvalue weighted by Crippen LogP contribution is -2.33. The monoisotopic (exact) mass is 368 g/mol. The Morgan fingerprint density at radius 1 is 1.12 bits per heavy atom. The van der Waals surface area contributed by atoms with E-state index in [2.05, 4.69) is 15.3 Å². The van der Waals surface area contributed by atoms with Gasteiger partial charge in [0.25, 0.3) is 5.91 Å². The van der Waals surface area contributed by atoms with Crippen LogP contribution in [0.3, 0.4) is 0 Å². The van der Waals surface area contributed by atoms with E-state index in [0.29, 0.717) is 0 Å². The highest BCUT2D eigenvalue weighted by molar-refractivity contribution is 7.10. The maximum Gasteiger partial charge on any atom is 0.361 e. The van der Waals surface area contributed by atoms with Crippen molar-refractivity contribution in [1.29, 1.82) is 0 Å². The summed E-state index contributed by atoms with van der Waals surface area (Å²) in [6.07, 6.45) is 2.69. The molecule has 26 heavy (non-hydrogen) atoms. The fourth-order valence-corrected chi connectivity index (χ4v) is 3.13. The Hall–Kier alpha value is -3.26. The van der Waals surface area contributed by atoms with Crippen LogP contribution in [0, 0.1) is 0 Å². The number of carbonyl (C=O) groups excluding carboxylic acids is 2. The van der Waals surface area contributed by atoms with E-state index in [9.17, 15) is 9.59 Å². The fourth-order valence-electron chi connectivity index (χ4n) is 2.33. The van der Waals surface area contributed by atoms with Gasteiger partial charge in [0.05, 0.1) is 6.04 Å². The third-order valence-corrected chi connectivity index (χ3v) is 4.46. The van der Waals surface area contributed by atoms with Crippen molar-refractivity contribution in [1.82, 2.24) is 15.3 Å². The summed E-state index contributed by atoms with van der Waals surface area (Å²) in [7, 11) is 0. The van der Waals surface area contributed by atoms with Gasteiger partial charge in [0.15, 0.2) is 18.1 Å². The molecule has 1 aromatic carbocycles. The topological polar surface area (TPSA) is 107 Å². The van der Waals surface area contributed by atoms with Crippen LogP contribution in [-0.2, 0) is 9.53 Å². The zero-order chi connectivity index (χ0) is 18.4. The number of benzene rings is 1. The molecule has 2 aromatic heterocycles. The molecular formula is C18H16N4O3S. The van der Waals surface area contributed by atoms with E-state index in [1.807, 2.05) is 47.8 Å². The molecule has 0 bridgehead atoms. The molecule has 0 radical (unpaired) electrons. The average Bonchev–Trinajstić information content (AvgIpc) is 3.19. The number of rotatable bonds is 6. The number of nitrogens with two attached hydrogens (primary N) is 1. The minimum Gasteiger partial charge on any atom is -0.451 e. The van der Waals surface area contributed by atoms with Crippen molar-refractivity contribution in [3.8, 4) is 0 Å². The number of carbonyl (C=O) groups is 2. The van der Waals surface area contributed by atoms with Crippen LogP contribution in [0.25, 0.3) is 0 Å². The van der Waals surface area contributed by atoms with Gasteiger partial charge in [-0.05, 0) is 17.0 Å². The van der Waals surface area contributed by atoms with E-state index in [4.69, 9.17) is 10.5 Å². The van der Waals surface area contributed by atoms with Gasteiger partial charge in [-0.2, -0.15) is 0 Å². The number of nitrogens with zero attached hydrogens (tertiary/aromatic N) is 2. The van der Waals surface area contributed by atoms with Crippen molar-refractivity contribution in [2.75, 3.05) is 12.3 Å². The van der Waals surface area contributed by atoms with Gasteiger partial charge in [0.2, 0.25) is 0 Å². The standard InChI is InChI=1S/C18H16N4O3S/c19-17-16(20-8-9-21-17)18(24)25-11-14(23)22-15(13-7-4-10-26-13)12-5-2-1-3-6-12/h1-10,15H,11H2,(H2,19,21)(H,22,23). The Morgan fingerprint density at radius 3 is 2.58 bits per heavy atom. The van der Waals surface area contributed by atoms with E-state index in [1.54, 1.807) is 0 Å². The van der Waals surface area contributed by atoms with Gasteiger partial charge in [-0.15, -0.1) is 11.3 Å². The Kier molecular flexibility index (Phi) is 5.55. The minimum absolute atomic E-state index is 0.0429. The third kappa shape index (κ3) is 4.22. The molecule has 1 amide bonds. The van der Waals surface area contributed by atoms with Crippen molar-refractivity contribution >= 4 is 29.0 Å². The summed E-state index contributed by atoms with van der Waals surface area (Å²) in [4.78, 5) is 32.8. The number of nitrogen functional groups attached to an aromatic ring is 1. The van der Waals surface area contributed by atoms with Crippen LogP contribution in [0.2, 0.25) is 0 Å². The van der Waals surface area contributed by atoms with Gasteiger partial charge in [-0.3, -0.25) is 4.79 Å². The Morgan fingerprint density at radius 2 is 1.88 bits per heavy atom. The summed E-state index contributed by atoms with van der Waals surface area (Å²) in [6, 6.07) is 13.1. The number of amides is 1. The highest BCUT2D eigenvalue weighted by Crippen LogP contribution is 2.25. The Balaban J connectivity index is 1.65. The first kappa shape index (κ1) is 17.6. The molecule has 3 rings (SSSR count). The van der Waals surface area contributed by atoms with Gasteiger partial charge < -0.3 is 15.8 Å². The smallest absolute Gasteiger partial charge is 0.361 e. The third-order valence-electron chi connectivity index (χ3n) is 3.52. The number of esters is 1. The van der Waals surface area contributed by atoms with Crippen molar-refractivity contribution < 1.29 is 14.3 Å². The Labute approximate surface area is 153 Å². The van der Waals surface area contributed by atoms with Gasteiger partial charge >= 0.3 is 5.97 Å². The molecule has 3 aromatic rings. The number of aromatic nitrogens is 2. The zero-order valence-electron chi connectivity index (χ0n) is 13.7. The van der Waals surface area contributed by atoms with Gasteiger partial charge in [0, 0.05) is 17.3 Å². The zero-order valence-corrected chi connectivity index (χ0v) is 14.5. The molecule has 0 aliphatic heterocycles. The van der Waals surface area contributed by atoms with Gasteiger partial charge in [-0.1, -0.05) is 36.4 Å². The average molecular weight is 368 g/mol. The van der Waals surface area contributed by atoms with Crippen LogP contribution in [0.1, 0.15) is 27.0 Å². The normalized spacial score (nSPS) is 11.5. The summed E-state index contributed by atoms with van der Waals surface area (Å²) in [5, 5.41) is 4.82. The Bertz CT molecular complexity index is 884. The molecule has 0 saturated carbocycles. The van der Waals surface area contributed by atoms with Gasteiger partial charge in [-0.25, -0.2) is 14.8 Å². The lowest BCUT2D eigenvalue weighted by atomic mass is 10.1. The maximum atomic E-state index is 12.3. The highest BCUT2D eigenvalue weighted by atomic mass is 32.1. The molecule has 0 aliphatic carbocycles. The molecule has 0 fully saturated rings. The predicted octanol–water partition coefficient (Wildman–Crippen LogP) is 2.18. The number of ether oxygens (including phenoxy) is 1. The van der Waals surface area contributed by atoms with Crippen LogP contribution in [0.4, 0.5) is 5.82 Å².